The third-order valence-corrected chi connectivity index (χ3v) is 9.44. The van der Waals surface area contributed by atoms with Crippen molar-refractivity contribution < 1.29 is 27.8 Å². The molecule has 4 aliphatic heterocycles. The van der Waals surface area contributed by atoms with Gasteiger partial charge in [0.15, 0.2) is 23.0 Å². The Morgan fingerprint density at radius 3 is 1.54 bits per heavy atom. The summed E-state index contributed by atoms with van der Waals surface area (Å²) in [5.74, 6) is 2.92. The monoisotopic (exact) mass is 602 g/mol. The van der Waals surface area contributed by atoms with E-state index in [1.54, 1.807) is 0 Å². The summed E-state index contributed by atoms with van der Waals surface area (Å²) in [5.41, 5.74) is 11.5. The molecule has 46 heavy (non-hydrogen) atoms. The molecule has 0 amide bonds. The van der Waals surface area contributed by atoms with E-state index in [0.29, 0.717) is 0 Å². The molecule has 0 fully saturated rings. The van der Waals surface area contributed by atoms with E-state index in [2.05, 4.69) is 65.3 Å². The van der Waals surface area contributed by atoms with Gasteiger partial charge in [-0.1, -0.05) is 24.3 Å². The van der Waals surface area contributed by atoms with Crippen LogP contribution in [-0.4, -0.2) is 20.3 Å². The van der Waals surface area contributed by atoms with Gasteiger partial charge in [-0.15, -0.1) is 0 Å². The van der Waals surface area contributed by atoms with E-state index in [0.717, 1.165) is 101 Å². The van der Waals surface area contributed by atoms with Gasteiger partial charge in [0, 0.05) is 34.3 Å². The second-order valence-corrected chi connectivity index (χ2v) is 12.0. The molecule has 220 valence electrons. The number of hydrogen-bond acceptors (Lipinski definition) is 8. The first-order valence-corrected chi connectivity index (χ1v) is 15.3. The van der Waals surface area contributed by atoms with Gasteiger partial charge in [-0.3, -0.25) is 0 Å². The summed E-state index contributed by atoms with van der Waals surface area (Å²) < 4.78 is 36.8. The Bertz CT molecular complexity index is 2280. The number of para-hydroxylation sites is 2. The van der Waals surface area contributed by atoms with Crippen molar-refractivity contribution in [1.29, 1.82) is 0 Å². The van der Waals surface area contributed by atoms with Gasteiger partial charge in [0.05, 0.1) is 22.7 Å². The Hall–Kier alpha value is -5.96. The highest BCUT2D eigenvalue weighted by Crippen LogP contribution is 2.50. The standard InChI is InChI=1S/C37H23BN2O6/c1-20-14-25-33-26(15-20)40(22-11-13-30-32(17-22)44-19-42-30)35-24-7-3-5-9-28(24)46-37(35)38(33)36-34(23-6-2-4-8-27(23)45-36)39(25)21-10-12-29-31(16-21)43-18-41-29/h2-17H,18-19H2,1H3. The molecule has 9 heteroatoms. The largest absolute Gasteiger partial charge is 0.468 e. The molecule has 0 bridgehead atoms. The zero-order valence-electron chi connectivity index (χ0n) is 24.6. The van der Waals surface area contributed by atoms with E-state index in [1.165, 1.54) is 0 Å². The van der Waals surface area contributed by atoms with E-state index in [1.807, 2.05) is 48.5 Å². The first kappa shape index (κ1) is 24.4. The molecule has 6 heterocycles. The van der Waals surface area contributed by atoms with Crippen molar-refractivity contribution >= 4 is 79.6 Å². The molecule has 4 aliphatic rings. The zero-order valence-corrected chi connectivity index (χ0v) is 24.6. The average Bonchev–Trinajstić information content (AvgIpc) is 3.88. The lowest BCUT2D eigenvalue weighted by atomic mass is 9.37. The molecule has 2 aromatic heterocycles. The van der Waals surface area contributed by atoms with Crippen LogP contribution >= 0.6 is 0 Å². The zero-order chi connectivity index (χ0) is 30.1. The lowest BCUT2D eigenvalue weighted by Gasteiger charge is -2.41. The molecule has 0 radical (unpaired) electrons. The highest BCUT2D eigenvalue weighted by atomic mass is 16.7. The summed E-state index contributed by atoms with van der Waals surface area (Å²) in [4.78, 5) is 4.61. The third kappa shape index (κ3) is 3.09. The Kier molecular flexibility index (Phi) is 4.56. The van der Waals surface area contributed by atoms with E-state index in [9.17, 15) is 0 Å². The molecule has 0 aliphatic carbocycles. The number of aryl methyl sites for hydroxylation is 1. The molecule has 0 atom stereocenters. The fourth-order valence-electron chi connectivity index (χ4n) is 7.59. The predicted octanol–water partition coefficient (Wildman–Crippen LogP) is 7.03. The number of furan rings is 2. The van der Waals surface area contributed by atoms with Crippen LogP contribution in [0.25, 0.3) is 21.9 Å². The molecule has 0 saturated heterocycles. The normalized spacial score (nSPS) is 15.0. The maximum atomic E-state index is 6.86. The van der Waals surface area contributed by atoms with E-state index in [4.69, 9.17) is 27.8 Å². The van der Waals surface area contributed by atoms with Crippen LogP contribution in [0.15, 0.2) is 106 Å². The number of rotatable bonds is 2. The number of hydrogen-bond donors (Lipinski definition) is 0. The van der Waals surface area contributed by atoms with Gasteiger partial charge in [-0.25, -0.2) is 0 Å². The Labute approximate surface area is 262 Å². The van der Waals surface area contributed by atoms with Crippen LogP contribution < -0.4 is 45.5 Å². The number of fused-ring (bicyclic) bond motifs is 10. The Balaban J connectivity index is 1.27. The van der Waals surface area contributed by atoms with Crippen molar-refractivity contribution in [3.63, 3.8) is 0 Å². The molecule has 0 unspecified atom stereocenters. The fraction of sp³-hybridized carbons (Fsp3) is 0.0811. The van der Waals surface area contributed by atoms with Crippen molar-refractivity contribution in [2.75, 3.05) is 23.4 Å². The topological polar surface area (TPSA) is 69.7 Å². The summed E-state index contributed by atoms with van der Waals surface area (Å²) >= 11 is 0. The SMILES string of the molecule is Cc1cc2c3c(c1)N(c1ccc4c(c1)OCO4)c1c(oc4ccccc14)B3c1oc3ccccc3c1N2c1ccc2c(c1)OCO2. The number of nitrogens with zero attached hydrogens (tertiary/aromatic N) is 2. The predicted molar refractivity (Wildman–Crippen MR) is 177 cm³/mol. The van der Waals surface area contributed by atoms with Gasteiger partial charge < -0.3 is 37.6 Å². The number of benzene rings is 5. The van der Waals surface area contributed by atoms with Gasteiger partial charge >= 0.3 is 6.71 Å². The molecule has 0 saturated carbocycles. The van der Waals surface area contributed by atoms with Crippen LogP contribution in [0.1, 0.15) is 5.56 Å². The van der Waals surface area contributed by atoms with Gasteiger partial charge in [0.1, 0.15) is 22.5 Å². The lowest BCUT2D eigenvalue weighted by Crippen LogP contribution is -2.60. The number of ether oxygens (including phenoxy) is 4. The summed E-state index contributed by atoms with van der Waals surface area (Å²) in [6.45, 7) is 2.28. The summed E-state index contributed by atoms with van der Waals surface area (Å²) in [6.07, 6.45) is 0. The van der Waals surface area contributed by atoms with Crippen molar-refractivity contribution in [2.45, 2.75) is 6.92 Å². The molecular formula is C37H23BN2O6. The minimum Gasteiger partial charge on any atom is -0.468 e. The van der Waals surface area contributed by atoms with E-state index < -0.39 is 0 Å². The van der Waals surface area contributed by atoms with Crippen LogP contribution in [0.5, 0.6) is 23.0 Å². The molecule has 0 N–H and O–H groups in total. The molecular weight excluding hydrogens is 579 g/mol. The highest BCUT2D eigenvalue weighted by Gasteiger charge is 2.50. The quantitative estimate of drug-likeness (QED) is 0.196. The molecule has 11 rings (SSSR count). The maximum Gasteiger partial charge on any atom is 0.342 e. The van der Waals surface area contributed by atoms with Crippen molar-refractivity contribution in [2.24, 2.45) is 0 Å². The van der Waals surface area contributed by atoms with Crippen LogP contribution in [0.3, 0.4) is 0 Å². The molecule has 0 spiro atoms. The minimum absolute atomic E-state index is 0.208. The molecule has 7 aromatic rings. The molecule has 8 nitrogen and oxygen atoms in total. The first-order chi connectivity index (χ1) is 22.7. The smallest absolute Gasteiger partial charge is 0.342 e. The maximum absolute atomic E-state index is 6.86. The van der Waals surface area contributed by atoms with Crippen molar-refractivity contribution in [3.8, 4) is 23.0 Å². The summed E-state index contributed by atoms with van der Waals surface area (Å²) in [5, 5.41) is 2.06. The van der Waals surface area contributed by atoms with Gasteiger partial charge in [0.2, 0.25) is 13.6 Å². The van der Waals surface area contributed by atoms with Gasteiger partial charge in [0.25, 0.3) is 0 Å². The second-order valence-electron chi connectivity index (χ2n) is 12.0. The second kappa shape index (κ2) is 8.60. The van der Waals surface area contributed by atoms with Crippen LogP contribution in [0.2, 0.25) is 0 Å². The Morgan fingerprint density at radius 2 is 1.02 bits per heavy atom. The number of anilines is 6. The summed E-state index contributed by atoms with van der Waals surface area (Å²) in [6, 6.07) is 33.2. The van der Waals surface area contributed by atoms with E-state index in [-0.39, 0.29) is 20.3 Å². The van der Waals surface area contributed by atoms with Crippen molar-refractivity contribution in [1.82, 2.24) is 0 Å². The van der Waals surface area contributed by atoms with Crippen molar-refractivity contribution in [3.05, 3.63) is 103 Å². The minimum atomic E-state index is -0.286. The van der Waals surface area contributed by atoms with Gasteiger partial charge in [-0.2, -0.15) is 0 Å². The lowest BCUT2D eigenvalue weighted by molar-refractivity contribution is 0.173. The van der Waals surface area contributed by atoms with Crippen LogP contribution in [0, 0.1) is 6.92 Å². The third-order valence-electron chi connectivity index (χ3n) is 9.44. The van der Waals surface area contributed by atoms with Crippen LogP contribution in [0.4, 0.5) is 34.1 Å². The van der Waals surface area contributed by atoms with E-state index >= 15 is 0 Å². The highest BCUT2D eigenvalue weighted by molar-refractivity contribution is 6.99. The molecule has 5 aromatic carbocycles. The fourth-order valence-corrected chi connectivity index (χ4v) is 7.59. The first-order valence-electron chi connectivity index (χ1n) is 15.3. The Morgan fingerprint density at radius 1 is 0.543 bits per heavy atom. The average molecular weight is 602 g/mol. The summed E-state index contributed by atoms with van der Waals surface area (Å²) in [7, 11) is 0. The van der Waals surface area contributed by atoms with Gasteiger partial charge in [-0.05, 0) is 78.6 Å². The van der Waals surface area contributed by atoms with Crippen LogP contribution in [-0.2, 0) is 0 Å².